The Kier molecular flexibility index (Phi) is 5.93. The first-order chi connectivity index (χ1) is 12.2. The van der Waals surface area contributed by atoms with Crippen molar-refractivity contribution in [3.05, 3.63) is 34.7 Å². The Balaban J connectivity index is 1.46. The van der Waals surface area contributed by atoms with Crippen LogP contribution in [0.4, 0.5) is 5.82 Å². The molecule has 0 radical (unpaired) electrons. The maximum atomic E-state index is 12.5. The lowest BCUT2D eigenvalue weighted by atomic mass is 10.3. The average molecular weight is 360 g/mol. The number of anilines is 1. The molecular formula is C17H24N6OS. The van der Waals surface area contributed by atoms with Crippen molar-refractivity contribution in [2.24, 2.45) is 0 Å². The van der Waals surface area contributed by atoms with Crippen molar-refractivity contribution in [2.75, 3.05) is 44.7 Å². The van der Waals surface area contributed by atoms with Crippen molar-refractivity contribution in [1.29, 1.82) is 0 Å². The van der Waals surface area contributed by atoms with Gasteiger partial charge in [0.1, 0.15) is 5.82 Å². The number of aromatic nitrogens is 3. The molecule has 0 spiro atoms. The number of amides is 1. The van der Waals surface area contributed by atoms with Gasteiger partial charge in [-0.1, -0.05) is 6.92 Å². The van der Waals surface area contributed by atoms with Crippen LogP contribution in [0.3, 0.4) is 0 Å². The van der Waals surface area contributed by atoms with E-state index in [9.17, 15) is 4.79 Å². The van der Waals surface area contributed by atoms with E-state index in [-0.39, 0.29) is 5.91 Å². The summed E-state index contributed by atoms with van der Waals surface area (Å²) in [6, 6.07) is 0. The third kappa shape index (κ3) is 4.73. The number of likely N-dealkylation sites (N-methyl/N-ethyl adjacent to an activating group) is 1. The lowest BCUT2D eigenvalue weighted by molar-refractivity contribution is -0.132. The molecule has 0 aromatic carbocycles. The van der Waals surface area contributed by atoms with Crippen LogP contribution in [0.2, 0.25) is 0 Å². The largest absolute Gasteiger partial charge is 0.352 e. The lowest BCUT2D eigenvalue weighted by Crippen LogP contribution is -2.51. The molecule has 1 aliphatic heterocycles. The Labute approximate surface area is 152 Å². The Morgan fingerprint density at radius 2 is 2.08 bits per heavy atom. The first-order valence-electron chi connectivity index (χ1n) is 8.56. The first-order valence-corrected chi connectivity index (χ1v) is 9.44. The van der Waals surface area contributed by atoms with Crippen molar-refractivity contribution < 1.29 is 4.79 Å². The summed E-state index contributed by atoms with van der Waals surface area (Å²) in [5.74, 6) is 1.05. The highest BCUT2D eigenvalue weighted by Gasteiger charge is 2.22. The molecule has 0 saturated carbocycles. The van der Waals surface area contributed by atoms with Gasteiger partial charge in [0.15, 0.2) is 0 Å². The highest BCUT2D eigenvalue weighted by atomic mass is 32.1. The van der Waals surface area contributed by atoms with Gasteiger partial charge in [-0.15, -0.1) is 11.3 Å². The van der Waals surface area contributed by atoms with Gasteiger partial charge in [0.25, 0.3) is 0 Å². The summed E-state index contributed by atoms with van der Waals surface area (Å²) < 4.78 is 0. The average Bonchev–Trinajstić information content (AvgIpc) is 3.10. The number of carbonyl (C=O) groups excluding carboxylic acids is 1. The minimum atomic E-state index is 0.173. The number of piperazine rings is 1. The van der Waals surface area contributed by atoms with Gasteiger partial charge in [-0.05, 0) is 13.5 Å². The minimum absolute atomic E-state index is 0.173. The van der Waals surface area contributed by atoms with Crippen LogP contribution in [-0.2, 0) is 17.8 Å². The van der Waals surface area contributed by atoms with Crippen molar-refractivity contribution >= 4 is 23.1 Å². The summed E-state index contributed by atoms with van der Waals surface area (Å²) in [6.45, 7) is 6.27. The van der Waals surface area contributed by atoms with Crippen molar-refractivity contribution in [3.63, 3.8) is 0 Å². The summed E-state index contributed by atoms with van der Waals surface area (Å²) in [4.78, 5) is 31.6. The summed E-state index contributed by atoms with van der Waals surface area (Å²) in [5.41, 5.74) is 1.05. The monoisotopic (exact) mass is 360 g/mol. The molecule has 0 unspecified atom stereocenters. The fourth-order valence-corrected chi connectivity index (χ4v) is 3.62. The molecule has 134 valence electrons. The molecular weight excluding hydrogens is 336 g/mol. The number of aryl methyl sites for hydroxylation is 1. The number of carbonyl (C=O) groups is 1. The zero-order valence-corrected chi connectivity index (χ0v) is 15.6. The van der Waals surface area contributed by atoms with E-state index in [4.69, 9.17) is 0 Å². The summed E-state index contributed by atoms with van der Waals surface area (Å²) in [5, 5.41) is 3.23. The second kappa shape index (κ2) is 8.35. The summed E-state index contributed by atoms with van der Waals surface area (Å²) in [6.07, 6.45) is 6.10. The number of hydrogen-bond donors (Lipinski definition) is 0. The lowest BCUT2D eigenvalue weighted by Gasteiger charge is -2.35. The normalized spacial score (nSPS) is 15.0. The first kappa shape index (κ1) is 17.8. The molecule has 0 atom stereocenters. The second-order valence-corrected chi connectivity index (χ2v) is 7.13. The maximum Gasteiger partial charge on any atom is 0.236 e. The Bertz CT molecular complexity index is 683. The van der Waals surface area contributed by atoms with Gasteiger partial charge in [0.2, 0.25) is 5.91 Å². The highest BCUT2D eigenvalue weighted by molar-refractivity contribution is 7.09. The molecule has 8 heteroatoms. The van der Waals surface area contributed by atoms with E-state index in [1.807, 2.05) is 16.8 Å². The molecule has 3 heterocycles. The second-order valence-electron chi connectivity index (χ2n) is 6.19. The Morgan fingerprint density at radius 1 is 1.28 bits per heavy atom. The smallest absolute Gasteiger partial charge is 0.236 e. The van der Waals surface area contributed by atoms with Crippen LogP contribution >= 0.6 is 11.3 Å². The Morgan fingerprint density at radius 3 is 2.72 bits per heavy atom. The number of thiazole rings is 1. The molecule has 1 aliphatic rings. The van der Waals surface area contributed by atoms with Gasteiger partial charge in [-0.25, -0.2) is 9.97 Å². The fourth-order valence-electron chi connectivity index (χ4n) is 2.89. The van der Waals surface area contributed by atoms with E-state index in [1.54, 1.807) is 29.9 Å². The van der Waals surface area contributed by atoms with Crippen LogP contribution in [0.25, 0.3) is 0 Å². The van der Waals surface area contributed by atoms with E-state index < -0.39 is 0 Å². The number of nitrogens with zero attached hydrogens (tertiary/aromatic N) is 6. The molecule has 2 aromatic rings. The van der Waals surface area contributed by atoms with Gasteiger partial charge in [0, 0.05) is 50.5 Å². The van der Waals surface area contributed by atoms with Crippen LogP contribution < -0.4 is 4.90 Å². The van der Waals surface area contributed by atoms with Gasteiger partial charge < -0.3 is 9.80 Å². The van der Waals surface area contributed by atoms with Crippen molar-refractivity contribution in [3.8, 4) is 0 Å². The molecule has 25 heavy (non-hydrogen) atoms. The van der Waals surface area contributed by atoms with E-state index in [0.29, 0.717) is 13.1 Å². The van der Waals surface area contributed by atoms with Crippen molar-refractivity contribution in [1.82, 2.24) is 24.8 Å². The molecule has 7 nitrogen and oxygen atoms in total. The molecule has 1 amide bonds. The Hall–Kier alpha value is -2.06. The zero-order valence-electron chi connectivity index (χ0n) is 14.8. The molecule has 0 aliphatic carbocycles. The molecule has 1 fully saturated rings. The van der Waals surface area contributed by atoms with Crippen LogP contribution in [-0.4, -0.2) is 70.4 Å². The highest BCUT2D eigenvalue weighted by Crippen LogP contribution is 2.13. The summed E-state index contributed by atoms with van der Waals surface area (Å²) >= 11 is 1.69. The van der Waals surface area contributed by atoms with Gasteiger partial charge in [-0.2, -0.15) is 0 Å². The zero-order chi connectivity index (χ0) is 17.6. The van der Waals surface area contributed by atoms with Gasteiger partial charge in [0.05, 0.1) is 23.4 Å². The van der Waals surface area contributed by atoms with Crippen LogP contribution in [0.15, 0.2) is 24.0 Å². The molecule has 2 aromatic heterocycles. The van der Waals surface area contributed by atoms with Crippen LogP contribution in [0.1, 0.15) is 17.6 Å². The minimum Gasteiger partial charge on any atom is -0.352 e. The van der Waals surface area contributed by atoms with E-state index in [0.717, 1.165) is 49.1 Å². The topological polar surface area (TPSA) is 65.5 Å². The number of hydrogen-bond acceptors (Lipinski definition) is 7. The fraction of sp³-hybridized carbons (Fsp3) is 0.529. The predicted molar refractivity (Wildman–Crippen MR) is 98.7 cm³/mol. The molecule has 3 rings (SSSR count). The SMILES string of the molecule is CCc1nc(CN(C)CC(=O)N2CCN(c3cnccn3)CC2)cs1. The quantitative estimate of drug-likeness (QED) is 0.773. The molecule has 0 bridgehead atoms. The van der Waals surface area contributed by atoms with Crippen LogP contribution in [0, 0.1) is 0 Å². The van der Waals surface area contributed by atoms with E-state index in [2.05, 4.69) is 32.2 Å². The van der Waals surface area contributed by atoms with Crippen LogP contribution in [0.5, 0.6) is 0 Å². The molecule has 0 N–H and O–H groups in total. The van der Waals surface area contributed by atoms with E-state index >= 15 is 0 Å². The predicted octanol–water partition coefficient (Wildman–Crippen LogP) is 1.28. The third-order valence-corrected chi connectivity index (χ3v) is 5.29. The summed E-state index contributed by atoms with van der Waals surface area (Å²) in [7, 11) is 1.97. The number of rotatable bonds is 6. The third-order valence-electron chi connectivity index (χ3n) is 4.24. The molecule has 1 saturated heterocycles. The van der Waals surface area contributed by atoms with Crippen molar-refractivity contribution in [2.45, 2.75) is 19.9 Å². The standard InChI is InChI=1S/C17H24N6OS/c1-3-16-20-14(13-25-16)11-21(2)12-17(24)23-8-6-22(7-9-23)15-10-18-4-5-19-15/h4-5,10,13H,3,6-9,11-12H2,1-2H3. The van der Waals surface area contributed by atoms with E-state index in [1.165, 1.54) is 0 Å². The van der Waals surface area contributed by atoms with Gasteiger partial charge in [-0.3, -0.25) is 14.7 Å². The maximum absolute atomic E-state index is 12.5. The van der Waals surface area contributed by atoms with Gasteiger partial charge >= 0.3 is 0 Å².